The first-order valence-corrected chi connectivity index (χ1v) is 8.69. The number of carbonyl (C=O) groups is 1. The van der Waals surface area contributed by atoms with Gasteiger partial charge in [-0.3, -0.25) is 0 Å². The molecule has 1 amide bonds. The third-order valence-corrected chi connectivity index (χ3v) is 3.33. The maximum Gasteiger partial charge on any atom is 0.410 e. The Hall–Kier alpha value is -0.770. The second-order valence-corrected chi connectivity index (χ2v) is 10.4. The molecule has 138 valence electrons. The summed E-state index contributed by atoms with van der Waals surface area (Å²) in [6.45, 7) is 24.4. The number of rotatable bonds is 5. The first-order chi connectivity index (χ1) is 9.93. The van der Waals surface area contributed by atoms with Crippen LogP contribution in [0.4, 0.5) is 4.79 Å². The van der Waals surface area contributed by atoms with Crippen molar-refractivity contribution < 1.29 is 9.53 Å². The van der Waals surface area contributed by atoms with Crippen LogP contribution in [-0.2, 0) is 4.74 Å². The predicted molar refractivity (Wildman–Crippen MR) is 98.8 cm³/mol. The zero-order chi connectivity index (χ0) is 18.7. The van der Waals surface area contributed by atoms with E-state index in [9.17, 15) is 4.79 Å². The smallest absolute Gasteiger partial charge is 0.410 e. The molecule has 0 unspecified atom stereocenters. The maximum atomic E-state index is 12.5. The summed E-state index contributed by atoms with van der Waals surface area (Å²) >= 11 is 0. The van der Waals surface area contributed by atoms with Crippen molar-refractivity contribution in [2.45, 2.75) is 99.3 Å². The minimum Gasteiger partial charge on any atom is -0.444 e. The number of nitrogens with zero attached hydrogens (tertiary/aromatic N) is 1. The third kappa shape index (κ3) is 10.6. The Balaban J connectivity index is 4.74. The number of ether oxygens (including phenoxy) is 1. The highest BCUT2D eigenvalue weighted by Crippen LogP contribution is 2.26. The average Bonchev–Trinajstić information content (AvgIpc) is 2.15. The summed E-state index contributed by atoms with van der Waals surface area (Å²) in [5, 5.41) is 3.59. The van der Waals surface area contributed by atoms with Crippen molar-refractivity contribution in [2.24, 2.45) is 5.41 Å². The Bertz CT molecular complexity index is 382. The van der Waals surface area contributed by atoms with Gasteiger partial charge in [0.15, 0.2) is 0 Å². The minimum atomic E-state index is -0.473. The monoisotopic (exact) mass is 328 g/mol. The van der Waals surface area contributed by atoms with E-state index in [1.807, 2.05) is 41.5 Å². The second-order valence-electron chi connectivity index (χ2n) is 10.4. The highest BCUT2D eigenvalue weighted by atomic mass is 16.6. The van der Waals surface area contributed by atoms with Crippen molar-refractivity contribution in [1.82, 2.24) is 10.2 Å². The largest absolute Gasteiger partial charge is 0.444 e. The van der Waals surface area contributed by atoms with E-state index in [1.165, 1.54) is 0 Å². The maximum absolute atomic E-state index is 12.5. The second kappa shape index (κ2) is 7.42. The molecule has 23 heavy (non-hydrogen) atoms. The van der Waals surface area contributed by atoms with E-state index in [4.69, 9.17) is 4.74 Å². The van der Waals surface area contributed by atoms with E-state index in [-0.39, 0.29) is 22.6 Å². The lowest BCUT2D eigenvalue weighted by molar-refractivity contribution is 0.00598. The summed E-state index contributed by atoms with van der Waals surface area (Å²) in [7, 11) is 0. The molecule has 0 aromatic rings. The summed E-state index contributed by atoms with van der Waals surface area (Å²) < 4.78 is 5.55. The molecule has 0 aromatic heterocycles. The Morgan fingerprint density at radius 2 is 1.39 bits per heavy atom. The summed E-state index contributed by atoms with van der Waals surface area (Å²) in [5.41, 5.74) is -0.432. The van der Waals surface area contributed by atoms with Crippen LogP contribution in [0.3, 0.4) is 0 Å². The molecule has 0 rings (SSSR count). The predicted octanol–water partition coefficient (Wildman–Crippen LogP) is 4.83. The van der Waals surface area contributed by atoms with Crippen molar-refractivity contribution in [3.8, 4) is 0 Å². The molecule has 0 radical (unpaired) electrons. The Morgan fingerprint density at radius 1 is 0.913 bits per heavy atom. The standard InChI is InChI=1S/C19H40N2O2/c1-16(2,3)14-19(10,11)20-12-13-21(17(4,5)6)15(22)23-18(7,8)9/h20H,12-14H2,1-11H3. The normalized spacial score (nSPS) is 13.9. The molecule has 0 spiro atoms. The van der Waals surface area contributed by atoms with Crippen LogP contribution in [0, 0.1) is 5.41 Å². The molecule has 0 aliphatic carbocycles. The van der Waals surface area contributed by atoms with E-state index in [1.54, 1.807) is 4.90 Å². The lowest BCUT2D eigenvalue weighted by Crippen LogP contribution is -2.52. The number of carbonyl (C=O) groups excluding carboxylic acids is 1. The molecule has 0 heterocycles. The SMILES string of the molecule is CC(C)(C)CC(C)(C)NCCN(C(=O)OC(C)(C)C)C(C)(C)C. The fourth-order valence-electron chi connectivity index (χ4n) is 2.91. The number of hydrogen-bond acceptors (Lipinski definition) is 3. The van der Waals surface area contributed by atoms with Gasteiger partial charge < -0.3 is 15.0 Å². The molecular formula is C19H40N2O2. The summed E-state index contributed by atoms with van der Waals surface area (Å²) in [5.74, 6) is 0. The third-order valence-electron chi connectivity index (χ3n) is 3.33. The van der Waals surface area contributed by atoms with E-state index in [2.05, 4.69) is 39.9 Å². The van der Waals surface area contributed by atoms with Crippen LogP contribution in [0.25, 0.3) is 0 Å². The van der Waals surface area contributed by atoms with E-state index in [0.717, 1.165) is 13.0 Å². The van der Waals surface area contributed by atoms with E-state index >= 15 is 0 Å². The molecule has 0 saturated carbocycles. The first kappa shape index (κ1) is 22.2. The fraction of sp³-hybridized carbons (Fsp3) is 0.947. The van der Waals surface area contributed by atoms with Gasteiger partial charge in [0, 0.05) is 24.2 Å². The van der Waals surface area contributed by atoms with Crippen molar-refractivity contribution in [2.75, 3.05) is 13.1 Å². The summed E-state index contributed by atoms with van der Waals surface area (Å²) in [4.78, 5) is 14.3. The molecule has 0 bridgehead atoms. The zero-order valence-electron chi connectivity index (χ0n) is 17.4. The van der Waals surface area contributed by atoms with Crippen molar-refractivity contribution in [1.29, 1.82) is 0 Å². The highest BCUT2D eigenvalue weighted by molar-refractivity contribution is 5.69. The Kier molecular flexibility index (Phi) is 7.17. The zero-order valence-corrected chi connectivity index (χ0v) is 17.4. The molecule has 4 nitrogen and oxygen atoms in total. The quantitative estimate of drug-likeness (QED) is 0.786. The van der Waals surface area contributed by atoms with E-state index in [0.29, 0.717) is 6.54 Å². The molecule has 0 aliphatic rings. The van der Waals surface area contributed by atoms with Gasteiger partial charge in [-0.1, -0.05) is 20.8 Å². The van der Waals surface area contributed by atoms with Gasteiger partial charge in [-0.05, 0) is 67.2 Å². The number of hydrogen-bond donors (Lipinski definition) is 1. The van der Waals surface area contributed by atoms with Crippen molar-refractivity contribution in [3.63, 3.8) is 0 Å². The molecule has 0 aromatic carbocycles. The van der Waals surface area contributed by atoms with Crippen LogP contribution in [-0.4, -0.2) is 40.8 Å². The van der Waals surface area contributed by atoms with Crippen molar-refractivity contribution in [3.05, 3.63) is 0 Å². The van der Waals surface area contributed by atoms with Crippen LogP contribution in [0.5, 0.6) is 0 Å². The molecular weight excluding hydrogens is 288 g/mol. The molecule has 0 atom stereocenters. The highest BCUT2D eigenvalue weighted by Gasteiger charge is 2.31. The van der Waals surface area contributed by atoms with Gasteiger partial charge in [0.2, 0.25) is 0 Å². The fourth-order valence-corrected chi connectivity index (χ4v) is 2.91. The van der Waals surface area contributed by atoms with Crippen LogP contribution in [0.15, 0.2) is 0 Å². The minimum absolute atomic E-state index is 0.0374. The first-order valence-electron chi connectivity index (χ1n) is 8.69. The number of amides is 1. The molecule has 0 fully saturated rings. The van der Waals surface area contributed by atoms with Crippen LogP contribution in [0.2, 0.25) is 0 Å². The molecule has 0 saturated heterocycles. The van der Waals surface area contributed by atoms with Crippen LogP contribution < -0.4 is 5.32 Å². The lowest BCUT2D eigenvalue weighted by atomic mass is 9.82. The Labute approximate surface area is 144 Å². The topological polar surface area (TPSA) is 41.6 Å². The van der Waals surface area contributed by atoms with Crippen LogP contribution >= 0.6 is 0 Å². The molecule has 4 heteroatoms. The number of nitrogens with one attached hydrogen (secondary N) is 1. The van der Waals surface area contributed by atoms with Gasteiger partial charge in [-0.15, -0.1) is 0 Å². The lowest BCUT2D eigenvalue weighted by Gasteiger charge is -2.38. The van der Waals surface area contributed by atoms with Gasteiger partial charge in [0.1, 0.15) is 5.60 Å². The van der Waals surface area contributed by atoms with Gasteiger partial charge in [0.25, 0.3) is 0 Å². The molecule has 1 N–H and O–H groups in total. The van der Waals surface area contributed by atoms with E-state index < -0.39 is 5.60 Å². The summed E-state index contributed by atoms with van der Waals surface area (Å²) in [6, 6.07) is 0. The average molecular weight is 329 g/mol. The van der Waals surface area contributed by atoms with Crippen molar-refractivity contribution >= 4 is 6.09 Å². The van der Waals surface area contributed by atoms with Gasteiger partial charge in [-0.2, -0.15) is 0 Å². The summed E-state index contributed by atoms with van der Waals surface area (Å²) in [6.07, 6.45) is 0.822. The van der Waals surface area contributed by atoms with Gasteiger partial charge in [-0.25, -0.2) is 4.79 Å². The Morgan fingerprint density at radius 3 is 1.74 bits per heavy atom. The van der Waals surface area contributed by atoms with Crippen LogP contribution in [0.1, 0.15) is 82.6 Å². The van der Waals surface area contributed by atoms with Gasteiger partial charge >= 0.3 is 6.09 Å². The van der Waals surface area contributed by atoms with Gasteiger partial charge in [0.05, 0.1) is 0 Å². The molecule has 0 aliphatic heterocycles.